The molecule has 0 radical (unpaired) electrons. The van der Waals surface area contributed by atoms with Crippen LogP contribution in [0.3, 0.4) is 0 Å². The highest BCUT2D eigenvalue weighted by atomic mass is 35.5. The molecule has 1 atom stereocenters. The van der Waals surface area contributed by atoms with Gasteiger partial charge in [-0.15, -0.1) is 10.2 Å². The SMILES string of the molecule is CC(NC(=O)CSc1nnc(-c2ccc(Cl)cc2)o1)C1CC1. The maximum absolute atomic E-state index is 11.8. The molecule has 7 heteroatoms. The molecule has 22 heavy (non-hydrogen) atoms. The van der Waals surface area contributed by atoms with Crippen LogP contribution in [-0.4, -0.2) is 27.9 Å². The summed E-state index contributed by atoms with van der Waals surface area (Å²) in [7, 11) is 0. The summed E-state index contributed by atoms with van der Waals surface area (Å²) in [6.45, 7) is 2.05. The standard InChI is InChI=1S/C15H16ClN3O2S/c1-9(10-2-3-10)17-13(20)8-22-15-19-18-14(21-15)11-4-6-12(16)7-5-11/h4-7,9-10H,2-3,8H2,1H3,(H,17,20). The van der Waals surface area contributed by atoms with E-state index in [0.717, 1.165) is 5.56 Å². The van der Waals surface area contributed by atoms with Crippen molar-refractivity contribution in [1.29, 1.82) is 0 Å². The fourth-order valence-electron chi connectivity index (χ4n) is 2.11. The molecule has 1 aromatic carbocycles. The quantitative estimate of drug-likeness (QED) is 0.818. The molecule has 116 valence electrons. The highest BCUT2D eigenvalue weighted by Gasteiger charge is 2.28. The predicted octanol–water partition coefficient (Wildman–Crippen LogP) is 3.40. The number of aromatic nitrogens is 2. The van der Waals surface area contributed by atoms with Crippen molar-refractivity contribution in [2.75, 3.05) is 5.75 Å². The molecule has 1 aliphatic carbocycles. The third kappa shape index (κ3) is 4.01. The molecule has 1 unspecified atom stereocenters. The van der Waals surface area contributed by atoms with Gasteiger partial charge in [0.15, 0.2) is 0 Å². The first-order valence-corrected chi connectivity index (χ1v) is 8.50. The van der Waals surface area contributed by atoms with Crippen molar-refractivity contribution >= 4 is 29.3 Å². The van der Waals surface area contributed by atoms with Crippen LogP contribution < -0.4 is 5.32 Å². The lowest BCUT2D eigenvalue weighted by Gasteiger charge is -2.11. The normalized spacial score (nSPS) is 15.5. The van der Waals surface area contributed by atoms with Crippen molar-refractivity contribution in [3.63, 3.8) is 0 Å². The Labute approximate surface area is 137 Å². The molecule has 2 aromatic rings. The molecule has 1 aromatic heterocycles. The summed E-state index contributed by atoms with van der Waals surface area (Å²) in [5, 5.41) is 12.0. The molecule has 0 spiro atoms. The maximum Gasteiger partial charge on any atom is 0.277 e. The van der Waals surface area contributed by atoms with Gasteiger partial charge in [-0.2, -0.15) is 0 Å². The molecule has 1 aliphatic rings. The van der Waals surface area contributed by atoms with E-state index in [-0.39, 0.29) is 17.7 Å². The van der Waals surface area contributed by atoms with E-state index >= 15 is 0 Å². The van der Waals surface area contributed by atoms with Crippen molar-refractivity contribution in [1.82, 2.24) is 15.5 Å². The zero-order valence-corrected chi connectivity index (χ0v) is 13.7. The number of rotatable bonds is 6. The zero-order valence-electron chi connectivity index (χ0n) is 12.1. The number of carbonyl (C=O) groups is 1. The number of benzene rings is 1. The van der Waals surface area contributed by atoms with E-state index in [0.29, 0.717) is 22.1 Å². The monoisotopic (exact) mass is 337 g/mol. The lowest BCUT2D eigenvalue weighted by Crippen LogP contribution is -2.35. The lowest BCUT2D eigenvalue weighted by molar-refractivity contribution is -0.119. The van der Waals surface area contributed by atoms with E-state index in [9.17, 15) is 4.79 Å². The van der Waals surface area contributed by atoms with Crippen molar-refractivity contribution in [3.05, 3.63) is 29.3 Å². The van der Waals surface area contributed by atoms with Gasteiger partial charge in [-0.25, -0.2) is 0 Å². The predicted molar refractivity (Wildman–Crippen MR) is 85.8 cm³/mol. The second-order valence-electron chi connectivity index (χ2n) is 5.36. The van der Waals surface area contributed by atoms with Gasteiger partial charge in [0.2, 0.25) is 11.8 Å². The van der Waals surface area contributed by atoms with Crippen LogP contribution in [0.4, 0.5) is 0 Å². The highest BCUT2D eigenvalue weighted by molar-refractivity contribution is 7.99. The maximum atomic E-state index is 11.8. The minimum Gasteiger partial charge on any atom is -0.411 e. The van der Waals surface area contributed by atoms with Crippen LogP contribution in [0.25, 0.3) is 11.5 Å². The summed E-state index contributed by atoms with van der Waals surface area (Å²) < 4.78 is 5.54. The Morgan fingerprint density at radius 2 is 2.14 bits per heavy atom. The summed E-state index contributed by atoms with van der Waals surface area (Å²) in [4.78, 5) is 11.8. The molecular formula is C15H16ClN3O2S. The molecule has 0 bridgehead atoms. The third-order valence-corrected chi connectivity index (χ3v) is 4.61. The van der Waals surface area contributed by atoms with Gasteiger partial charge in [-0.1, -0.05) is 23.4 Å². The van der Waals surface area contributed by atoms with Gasteiger partial charge in [0.05, 0.1) is 5.75 Å². The number of hydrogen-bond acceptors (Lipinski definition) is 5. The smallest absolute Gasteiger partial charge is 0.277 e. The fourth-order valence-corrected chi connectivity index (χ4v) is 2.81. The Balaban J connectivity index is 1.53. The average molecular weight is 338 g/mol. The van der Waals surface area contributed by atoms with E-state index in [1.807, 2.05) is 19.1 Å². The van der Waals surface area contributed by atoms with Crippen LogP contribution in [-0.2, 0) is 4.79 Å². The van der Waals surface area contributed by atoms with Crippen LogP contribution in [0.15, 0.2) is 33.9 Å². The molecule has 0 saturated heterocycles. The van der Waals surface area contributed by atoms with Crippen LogP contribution in [0.1, 0.15) is 19.8 Å². The van der Waals surface area contributed by atoms with E-state index in [2.05, 4.69) is 15.5 Å². The lowest BCUT2D eigenvalue weighted by atomic mass is 10.2. The third-order valence-electron chi connectivity index (χ3n) is 3.54. The number of hydrogen-bond donors (Lipinski definition) is 1. The van der Waals surface area contributed by atoms with E-state index < -0.39 is 0 Å². The zero-order chi connectivity index (χ0) is 15.5. The first-order chi connectivity index (χ1) is 10.6. The summed E-state index contributed by atoms with van der Waals surface area (Å²) in [5.74, 6) is 1.34. The number of thioether (sulfide) groups is 1. The van der Waals surface area contributed by atoms with E-state index in [1.165, 1.54) is 24.6 Å². The van der Waals surface area contributed by atoms with Gasteiger partial charge >= 0.3 is 0 Å². The Kier molecular flexibility index (Phi) is 4.69. The molecule has 1 amide bonds. The topological polar surface area (TPSA) is 68.0 Å². The molecule has 1 saturated carbocycles. The number of nitrogens with one attached hydrogen (secondary N) is 1. The minimum absolute atomic E-state index is 0.00403. The van der Waals surface area contributed by atoms with Crippen LogP contribution >= 0.6 is 23.4 Å². The highest BCUT2D eigenvalue weighted by Crippen LogP contribution is 2.32. The van der Waals surface area contributed by atoms with E-state index in [4.69, 9.17) is 16.0 Å². The van der Waals surface area contributed by atoms with Gasteiger partial charge in [0, 0.05) is 16.6 Å². The minimum atomic E-state index is -0.00403. The summed E-state index contributed by atoms with van der Waals surface area (Å²) in [5.41, 5.74) is 0.801. The van der Waals surface area contributed by atoms with Crippen molar-refractivity contribution in [3.8, 4) is 11.5 Å². The first kappa shape index (κ1) is 15.4. The van der Waals surface area contributed by atoms with Gasteiger partial charge in [0.25, 0.3) is 5.22 Å². The van der Waals surface area contributed by atoms with Crippen LogP contribution in [0.2, 0.25) is 5.02 Å². The molecule has 0 aliphatic heterocycles. The molecule has 1 fully saturated rings. The van der Waals surface area contributed by atoms with Gasteiger partial charge in [-0.05, 0) is 49.9 Å². The largest absolute Gasteiger partial charge is 0.411 e. The average Bonchev–Trinajstić information content (AvgIpc) is 3.25. The number of carbonyl (C=O) groups excluding carboxylic acids is 1. The number of nitrogens with zero attached hydrogens (tertiary/aromatic N) is 2. The second kappa shape index (κ2) is 6.71. The summed E-state index contributed by atoms with van der Waals surface area (Å²) in [6, 6.07) is 7.41. The van der Waals surface area contributed by atoms with E-state index in [1.54, 1.807) is 12.1 Å². The molecule has 1 heterocycles. The Morgan fingerprint density at radius 3 is 2.82 bits per heavy atom. The number of halogens is 1. The van der Waals surface area contributed by atoms with Gasteiger partial charge in [-0.3, -0.25) is 4.79 Å². The van der Waals surface area contributed by atoms with Crippen LogP contribution in [0, 0.1) is 5.92 Å². The van der Waals surface area contributed by atoms with Gasteiger partial charge in [0.1, 0.15) is 0 Å². The molecule has 3 rings (SSSR count). The number of amides is 1. The fraction of sp³-hybridized carbons (Fsp3) is 0.400. The second-order valence-corrected chi connectivity index (χ2v) is 6.73. The van der Waals surface area contributed by atoms with Crippen molar-refractivity contribution in [2.24, 2.45) is 5.92 Å². The molecule has 1 N–H and O–H groups in total. The Bertz CT molecular complexity index is 655. The Morgan fingerprint density at radius 1 is 1.41 bits per heavy atom. The molecule has 5 nitrogen and oxygen atoms in total. The van der Waals surface area contributed by atoms with Crippen molar-refractivity contribution < 1.29 is 9.21 Å². The van der Waals surface area contributed by atoms with Crippen molar-refractivity contribution in [2.45, 2.75) is 31.0 Å². The van der Waals surface area contributed by atoms with Crippen LogP contribution in [0.5, 0.6) is 0 Å². The molecular weight excluding hydrogens is 322 g/mol. The Hall–Kier alpha value is -1.53. The summed E-state index contributed by atoms with van der Waals surface area (Å²) >= 11 is 7.08. The van der Waals surface area contributed by atoms with Gasteiger partial charge < -0.3 is 9.73 Å². The summed E-state index contributed by atoms with van der Waals surface area (Å²) in [6.07, 6.45) is 2.42. The first-order valence-electron chi connectivity index (χ1n) is 7.13.